The van der Waals surface area contributed by atoms with Crippen molar-refractivity contribution in [3.63, 3.8) is 0 Å². The Hall–Kier alpha value is -2.73. The summed E-state index contributed by atoms with van der Waals surface area (Å²) in [5, 5.41) is 8.01. The molecule has 0 aliphatic heterocycles. The topological polar surface area (TPSA) is 81.9 Å². The van der Waals surface area contributed by atoms with Crippen LogP contribution in [0, 0.1) is 12.7 Å². The minimum Gasteiger partial charge on any atom is -0.399 e. The van der Waals surface area contributed by atoms with Gasteiger partial charge >= 0.3 is 0 Å². The van der Waals surface area contributed by atoms with E-state index in [-0.39, 0.29) is 5.82 Å². The van der Waals surface area contributed by atoms with Crippen molar-refractivity contribution in [3.8, 4) is 11.1 Å². The molecule has 0 unspecified atom stereocenters. The summed E-state index contributed by atoms with van der Waals surface area (Å²) in [4.78, 5) is 0. The number of nitrogens with two attached hydrogens (primary N) is 2. The van der Waals surface area contributed by atoms with Crippen LogP contribution in [0.2, 0.25) is 5.02 Å². The van der Waals surface area contributed by atoms with Crippen LogP contribution in [0.3, 0.4) is 0 Å². The number of nitrogen functional groups attached to an aromatic ring is 2. The van der Waals surface area contributed by atoms with E-state index in [9.17, 15) is 4.39 Å². The van der Waals surface area contributed by atoms with Gasteiger partial charge in [-0.05, 0) is 43.3 Å². The third-order valence-corrected chi connectivity index (χ3v) is 4.06. The highest BCUT2D eigenvalue weighted by molar-refractivity contribution is 6.33. The number of halogens is 2. The molecule has 0 aliphatic carbocycles. The zero-order valence-corrected chi connectivity index (χ0v) is 14.0. The fraction of sp³-hybridized carbons (Fsp3) is 0.118. The average molecular weight is 346 g/mol. The number of hydrogen-bond donors (Lipinski definition) is 3. The van der Waals surface area contributed by atoms with Gasteiger partial charge in [-0.2, -0.15) is 5.10 Å². The van der Waals surface area contributed by atoms with Crippen molar-refractivity contribution < 1.29 is 4.39 Å². The molecule has 5 nitrogen and oxygen atoms in total. The Morgan fingerprint density at radius 1 is 1.17 bits per heavy atom. The van der Waals surface area contributed by atoms with Gasteiger partial charge in [-0.3, -0.25) is 4.68 Å². The van der Waals surface area contributed by atoms with Crippen molar-refractivity contribution >= 4 is 34.5 Å². The first-order valence-electron chi connectivity index (χ1n) is 7.28. The van der Waals surface area contributed by atoms with Crippen LogP contribution in [0.15, 0.2) is 36.4 Å². The molecule has 0 amide bonds. The second-order valence-electron chi connectivity index (χ2n) is 5.53. The Kier molecular flexibility index (Phi) is 4.07. The van der Waals surface area contributed by atoms with Gasteiger partial charge in [0, 0.05) is 23.9 Å². The first-order chi connectivity index (χ1) is 11.4. The minimum atomic E-state index is -0.386. The lowest BCUT2D eigenvalue weighted by atomic mass is 10.1. The Morgan fingerprint density at radius 2 is 1.92 bits per heavy atom. The van der Waals surface area contributed by atoms with E-state index in [2.05, 4.69) is 10.4 Å². The third-order valence-electron chi connectivity index (χ3n) is 3.75. The summed E-state index contributed by atoms with van der Waals surface area (Å²) >= 11 is 6.23. The fourth-order valence-electron chi connectivity index (χ4n) is 2.64. The van der Waals surface area contributed by atoms with Gasteiger partial charge in [-0.25, -0.2) is 4.39 Å². The zero-order chi connectivity index (χ0) is 17.4. The molecule has 1 aromatic heterocycles. The number of rotatable bonds is 3. The van der Waals surface area contributed by atoms with Crippen molar-refractivity contribution in [1.82, 2.24) is 9.78 Å². The van der Waals surface area contributed by atoms with Crippen LogP contribution in [0.1, 0.15) is 5.69 Å². The van der Waals surface area contributed by atoms with Crippen LogP contribution in [-0.4, -0.2) is 9.78 Å². The number of benzene rings is 2. The van der Waals surface area contributed by atoms with Gasteiger partial charge in [0.25, 0.3) is 0 Å². The molecule has 24 heavy (non-hydrogen) atoms. The predicted molar refractivity (Wildman–Crippen MR) is 96.9 cm³/mol. The van der Waals surface area contributed by atoms with Crippen molar-refractivity contribution in [2.45, 2.75) is 6.92 Å². The molecule has 5 N–H and O–H groups in total. The lowest BCUT2D eigenvalue weighted by Crippen LogP contribution is -2.03. The second kappa shape index (κ2) is 6.05. The van der Waals surface area contributed by atoms with E-state index < -0.39 is 0 Å². The maximum atomic E-state index is 13.4. The lowest BCUT2D eigenvalue weighted by Gasteiger charge is -2.13. The maximum absolute atomic E-state index is 13.4. The molecule has 0 radical (unpaired) electrons. The van der Waals surface area contributed by atoms with Crippen LogP contribution in [0.4, 0.5) is 27.3 Å². The summed E-state index contributed by atoms with van der Waals surface area (Å²) in [6.07, 6.45) is 0. The normalized spacial score (nSPS) is 10.8. The molecule has 0 fully saturated rings. The molecule has 2 aromatic carbocycles. The van der Waals surface area contributed by atoms with Gasteiger partial charge in [0.2, 0.25) is 0 Å². The minimum absolute atomic E-state index is 0.319. The maximum Gasteiger partial charge on any atom is 0.136 e. The molecule has 0 spiro atoms. The number of nitrogens with one attached hydrogen (secondary N) is 1. The van der Waals surface area contributed by atoms with E-state index in [0.29, 0.717) is 33.5 Å². The van der Waals surface area contributed by atoms with E-state index in [1.54, 1.807) is 28.9 Å². The molecule has 3 aromatic rings. The quantitative estimate of drug-likeness (QED) is 0.624. The van der Waals surface area contributed by atoms with Crippen molar-refractivity contribution in [3.05, 3.63) is 52.9 Å². The highest BCUT2D eigenvalue weighted by Crippen LogP contribution is 2.38. The van der Waals surface area contributed by atoms with Crippen LogP contribution in [-0.2, 0) is 7.05 Å². The zero-order valence-electron chi connectivity index (χ0n) is 13.3. The molecule has 0 aliphatic rings. The second-order valence-corrected chi connectivity index (χ2v) is 5.94. The van der Waals surface area contributed by atoms with Gasteiger partial charge in [0.05, 0.1) is 22.1 Å². The van der Waals surface area contributed by atoms with Gasteiger partial charge in [0.1, 0.15) is 11.6 Å². The number of aromatic nitrogens is 2. The molecule has 124 valence electrons. The summed E-state index contributed by atoms with van der Waals surface area (Å²) in [6.45, 7) is 1.87. The average Bonchev–Trinajstić information content (AvgIpc) is 2.76. The molecule has 3 rings (SSSR count). The van der Waals surface area contributed by atoms with E-state index >= 15 is 0 Å². The van der Waals surface area contributed by atoms with E-state index in [4.69, 9.17) is 23.1 Å². The van der Waals surface area contributed by atoms with Crippen molar-refractivity contribution in [1.29, 1.82) is 0 Å². The van der Waals surface area contributed by atoms with Gasteiger partial charge in [-0.1, -0.05) is 11.6 Å². The Labute approximate surface area is 144 Å². The monoisotopic (exact) mass is 345 g/mol. The third kappa shape index (κ3) is 2.88. The van der Waals surface area contributed by atoms with Crippen LogP contribution >= 0.6 is 11.6 Å². The van der Waals surface area contributed by atoms with Crippen molar-refractivity contribution in [2.75, 3.05) is 16.8 Å². The fourth-order valence-corrected chi connectivity index (χ4v) is 2.90. The molecule has 0 atom stereocenters. The standard InChI is InChI=1S/C17H17ClFN5/c1-9-16(12-5-3-10(19)7-13(12)18)17(24(2)23-9)22-15-6-4-11(20)8-14(15)21/h3-8,22H,20-21H2,1-2H3. The number of hydrogen-bond acceptors (Lipinski definition) is 4. The van der Waals surface area contributed by atoms with E-state index in [0.717, 1.165) is 11.3 Å². The SMILES string of the molecule is Cc1nn(C)c(Nc2ccc(N)cc2N)c1-c1ccc(F)cc1Cl. The predicted octanol–water partition coefficient (Wildman–Crippen LogP) is 4.10. The van der Waals surface area contributed by atoms with Gasteiger partial charge < -0.3 is 16.8 Å². The highest BCUT2D eigenvalue weighted by Gasteiger charge is 2.18. The summed E-state index contributed by atoms with van der Waals surface area (Å²) in [5.41, 5.74) is 15.8. The largest absolute Gasteiger partial charge is 0.399 e. The smallest absolute Gasteiger partial charge is 0.136 e. The first-order valence-corrected chi connectivity index (χ1v) is 7.65. The van der Waals surface area contributed by atoms with Gasteiger partial charge in [0.15, 0.2) is 0 Å². The van der Waals surface area contributed by atoms with E-state index in [1.165, 1.54) is 12.1 Å². The molecule has 7 heteroatoms. The van der Waals surface area contributed by atoms with Crippen LogP contribution in [0.5, 0.6) is 0 Å². The van der Waals surface area contributed by atoms with Crippen molar-refractivity contribution in [2.24, 2.45) is 7.05 Å². The molecule has 1 heterocycles. The summed E-state index contributed by atoms with van der Waals surface area (Å²) < 4.78 is 15.1. The number of nitrogens with zero attached hydrogens (tertiary/aromatic N) is 2. The molecule has 0 saturated carbocycles. The van der Waals surface area contributed by atoms with E-state index in [1.807, 2.05) is 14.0 Å². The number of aryl methyl sites for hydroxylation is 2. The summed E-state index contributed by atoms with van der Waals surface area (Å²) in [7, 11) is 1.81. The lowest BCUT2D eigenvalue weighted by molar-refractivity contribution is 0.628. The number of anilines is 4. The molecular formula is C17H17ClFN5. The molecule has 0 saturated heterocycles. The Balaban J connectivity index is 2.12. The van der Waals surface area contributed by atoms with Crippen LogP contribution < -0.4 is 16.8 Å². The van der Waals surface area contributed by atoms with Gasteiger partial charge in [-0.15, -0.1) is 0 Å². The summed E-state index contributed by atoms with van der Waals surface area (Å²) in [6, 6.07) is 9.52. The van der Waals surface area contributed by atoms with Crippen LogP contribution in [0.25, 0.3) is 11.1 Å². The Bertz CT molecular complexity index is 920. The summed E-state index contributed by atoms with van der Waals surface area (Å²) in [5.74, 6) is 0.320. The Morgan fingerprint density at radius 3 is 2.58 bits per heavy atom. The highest BCUT2D eigenvalue weighted by atomic mass is 35.5. The molecular weight excluding hydrogens is 329 g/mol. The molecule has 0 bridgehead atoms. The first kappa shape index (κ1) is 16.1.